The lowest BCUT2D eigenvalue weighted by atomic mass is 10.2. The van der Waals surface area contributed by atoms with E-state index in [1.54, 1.807) is 18.3 Å². The number of carbonyl (C=O) groups is 1. The summed E-state index contributed by atoms with van der Waals surface area (Å²) in [6, 6.07) is 3.52. The molecule has 1 unspecified atom stereocenters. The van der Waals surface area contributed by atoms with Gasteiger partial charge in [-0.1, -0.05) is 13.3 Å². The quantitative estimate of drug-likeness (QED) is 0.750. The van der Waals surface area contributed by atoms with E-state index in [1.165, 1.54) is 0 Å². The van der Waals surface area contributed by atoms with E-state index in [-0.39, 0.29) is 12.0 Å². The first-order valence-corrected chi connectivity index (χ1v) is 7.39. The van der Waals surface area contributed by atoms with Gasteiger partial charge in [0, 0.05) is 31.5 Å². The van der Waals surface area contributed by atoms with Crippen LogP contribution < -0.4 is 10.6 Å². The zero-order valence-electron chi connectivity index (χ0n) is 12.0. The number of rotatable bonds is 7. The van der Waals surface area contributed by atoms with Crippen molar-refractivity contribution in [2.24, 2.45) is 0 Å². The monoisotopic (exact) mass is 277 g/mol. The third kappa shape index (κ3) is 4.49. The van der Waals surface area contributed by atoms with Gasteiger partial charge in [0.2, 0.25) is 0 Å². The van der Waals surface area contributed by atoms with Crippen molar-refractivity contribution in [3.63, 3.8) is 0 Å². The maximum Gasteiger partial charge on any atom is 0.251 e. The van der Waals surface area contributed by atoms with Crippen molar-refractivity contribution in [1.82, 2.24) is 10.3 Å². The maximum absolute atomic E-state index is 12.1. The molecule has 2 heterocycles. The Morgan fingerprint density at radius 3 is 3.20 bits per heavy atom. The zero-order valence-corrected chi connectivity index (χ0v) is 12.0. The van der Waals surface area contributed by atoms with Crippen LogP contribution in [0.1, 0.15) is 43.0 Å². The predicted molar refractivity (Wildman–Crippen MR) is 78.9 cm³/mol. The topological polar surface area (TPSA) is 63.2 Å². The van der Waals surface area contributed by atoms with E-state index in [1.807, 2.05) is 0 Å². The Morgan fingerprint density at radius 2 is 2.45 bits per heavy atom. The summed E-state index contributed by atoms with van der Waals surface area (Å²) in [5, 5.41) is 6.14. The largest absolute Gasteiger partial charge is 0.376 e. The van der Waals surface area contributed by atoms with E-state index in [0.717, 1.165) is 44.7 Å². The van der Waals surface area contributed by atoms with Gasteiger partial charge < -0.3 is 15.4 Å². The number of hydrogen-bond donors (Lipinski definition) is 2. The smallest absolute Gasteiger partial charge is 0.251 e. The SMILES string of the molecule is CCCCNc1cc(C(=O)NCC2CCCO2)ccn1. The second-order valence-corrected chi connectivity index (χ2v) is 5.06. The van der Waals surface area contributed by atoms with Crippen LogP contribution in [0.4, 0.5) is 5.82 Å². The summed E-state index contributed by atoms with van der Waals surface area (Å²) in [5.41, 5.74) is 0.636. The number of nitrogens with one attached hydrogen (secondary N) is 2. The fourth-order valence-corrected chi connectivity index (χ4v) is 2.18. The first kappa shape index (κ1) is 14.8. The summed E-state index contributed by atoms with van der Waals surface area (Å²) in [6.07, 6.45) is 6.17. The van der Waals surface area contributed by atoms with E-state index < -0.39 is 0 Å². The van der Waals surface area contributed by atoms with Gasteiger partial charge in [-0.3, -0.25) is 4.79 Å². The van der Waals surface area contributed by atoms with E-state index in [2.05, 4.69) is 22.5 Å². The van der Waals surface area contributed by atoms with Crippen LogP contribution >= 0.6 is 0 Å². The third-order valence-electron chi connectivity index (χ3n) is 3.37. The highest BCUT2D eigenvalue weighted by Crippen LogP contribution is 2.11. The molecule has 1 aliphatic rings. The molecule has 5 heteroatoms. The molecular formula is C15H23N3O2. The number of carbonyl (C=O) groups excluding carboxylic acids is 1. The number of amides is 1. The Labute approximate surface area is 120 Å². The number of anilines is 1. The Balaban J connectivity index is 1.83. The van der Waals surface area contributed by atoms with Gasteiger partial charge in [0.05, 0.1) is 6.10 Å². The van der Waals surface area contributed by atoms with Crippen LogP contribution in [0.3, 0.4) is 0 Å². The molecule has 110 valence electrons. The minimum Gasteiger partial charge on any atom is -0.376 e. The van der Waals surface area contributed by atoms with Crippen molar-refractivity contribution >= 4 is 11.7 Å². The molecule has 0 spiro atoms. The molecule has 0 radical (unpaired) electrons. The van der Waals surface area contributed by atoms with Crippen molar-refractivity contribution in [1.29, 1.82) is 0 Å². The second kappa shape index (κ2) is 7.85. The Bertz CT molecular complexity index is 431. The number of unbranched alkanes of at least 4 members (excludes halogenated alkanes) is 1. The van der Waals surface area contributed by atoms with Crippen LogP contribution in [0.25, 0.3) is 0 Å². The summed E-state index contributed by atoms with van der Waals surface area (Å²) in [5.74, 6) is 0.685. The Hall–Kier alpha value is -1.62. The molecule has 1 amide bonds. The molecule has 2 N–H and O–H groups in total. The highest BCUT2D eigenvalue weighted by atomic mass is 16.5. The first-order valence-electron chi connectivity index (χ1n) is 7.39. The molecule has 1 atom stereocenters. The van der Waals surface area contributed by atoms with Crippen LogP contribution in [-0.4, -0.2) is 36.7 Å². The first-order chi connectivity index (χ1) is 9.79. The highest BCUT2D eigenvalue weighted by Gasteiger charge is 2.16. The zero-order chi connectivity index (χ0) is 14.2. The molecule has 0 saturated carbocycles. The molecule has 2 rings (SSSR count). The van der Waals surface area contributed by atoms with Gasteiger partial charge in [-0.25, -0.2) is 4.98 Å². The molecule has 1 aromatic rings. The van der Waals surface area contributed by atoms with Gasteiger partial charge >= 0.3 is 0 Å². The lowest BCUT2D eigenvalue weighted by molar-refractivity contribution is 0.0857. The highest BCUT2D eigenvalue weighted by molar-refractivity contribution is 5.94. The van der Waals surface area contributed by atoms with Crippen molar-refractivity contribution < 1.29 is 9.53 Å². The average molecular weight is 277 g/mol. The standard InChI is InChI=1S/C15H23N3O2/c1-2-3-7-16-14-10-12(6-8-17-14)15(19)18-11-13-5-4-9-20-13/h6,8,10,13H,2-5,7,9,11H2,1H3,(H,16,17)(H,18,19). The minimum atomic E-state index is -0.0681. The van der Waals surface area contributed by atoms with Crippen LogP contribution in [0.2, 0.25) is 0 Å². The van der Waals surface area contributed by atoms with Gasteiger partial charge in [0.1, 0.15) is 5.82 Å². The molecule has 1 aromatic heterocycles. The maximum atomic E-state index is 12.1. The Morgan fingerprint density at radius 1 is 1.55 bits per heavy atom. The van der Waals surface area contributed by atoms with Crippen LogP contribution in [0.15, 0.2) is 18.3 Å². The van der Waals surface area contributed by atoms with Crippen molar-refractivity contribution in [3.8, 4) is 0 Å². The number of aromatic nitrogens is 1. The molecule has 0 aliphatic carbocycles. The van der Waals surface area contributed by atoms with Gasteiger partial charge in [-0.05, 0) is 31.4 Å². The fraction of sp³-hybridized carbons (Fsp3) is 0.600. The summed E-state index contributed by atoms with van der Waals surface area (Å²) in [7, 11) is 0. The molecule has 1 fully saturated rings. The van der Waals surface area contributed by atoms with Crippen molar-refractivity contribution in [2.75, 3.05) is 25.0 Å². The van der Waals surface area contributed by atoms with Crippen molar-refractivity contribution in [2.45, 2.75) is 38.7 Å². The molecule has 0 bridgehead atoms. The predicted octanol–water partition coefficient (Wildman–Crippen LogP) is 2.20. The Kier molecular flexibility index (Phi) is 5.80. The van der Waals surface area contributed by atoms with Crippen LogP contribution in [-0.2, 0) is 4.74 Å². The van der Waals surface area contributed by atoms with E-state index in [9.17, 15) is 4.79 Å². The van der Waals surface area contributed by atoms with E-state index >= 15 is 0 Å². The number of ether oxygens (including phenoxy) is 1. The lowest BCUT2D eigenvalue weighted by Gasteiger charge is -2.11. The third-order valence-corrected chi connectivity index (χ3v) is 3.37. The van der Waals surface area contributed by atoms with Crippen LogP contribution in [0.5, 0.6) is 0 Å². The van der Waals surface area contributed by atoms with Crippen molar-refractivity contribution in [3.05, 3.63) is 23.9 Å². The number of nitrogens with zero attached hydrogens (tertiary/aromatic N) is 1. The van der Waals surface area contributed by atoms with Gasteiger partial charge in [-0.2, -0.15) is 0 Å². The van der Waals surface area contributed by atoms with E-state index in [0.29, 0.717) is 12.1 Å². The minimum absolute atomic E-state index is 0.0681. The normalized spacial score (nSPS) is 17.9. The fourth-order valence-electron chi connectivity index (χ4n) is 2.18. The van der Waals surface area contributed by atoms with E-state index in [4.69, 9.17) is 4.74 Å². The summed E-state index contributed by atoms with van der Waals surface area (Å²) in [4.78, 5) is 16.3. The number of pyridine rings is 1. The number of hydrogen-bond acceptors (Lipinski definition) is 4. The van der Waals surface area contributed by atoms with Crippen LogP contribution in [0, 0.1) is 0 Å². The second-order valence-electron chi connectivity index (χ2n) is 5.06. The lowest BCUT2D eigenvalue weighted by Crippen LogP contribution is -2.31. The average Bonchev–Trinajstić information content (AvgIpc) is 2.99. The summed E-state index contributed by atoms with van der Waals surface area (Å²) in [6.45, 7) is 4.41. The molecular weight excluding hydrogens is 254 g/mol. The molecule has 0 aromatic carbocycles. The van der Waals surface area contributed by atoms with Gasteiger partial charge in [0.15, 0.2) is 0 Å². The molecule has 5 nitrogen and oxygen atoms in total. The van der Waals surface area contributed by atoms with Gasteiger partial charge in [0.25, 0.3) is 5.91 Å². The molecule has 1 aliphatic heterocycles. The molecule has 1 saturated heterocycles. The molecule has 20 heavy (non-hydrogen) atoms. The summed E-state index contributed by atoms with van der Waals surface area (Å²) >= 11 is 0. The van der Waals surface area contributed by atoms with Gasteiger partial charge in [-0.15, -0.1) is 0 Å². The summed E-state index contributed by atoms with van der Waals surface area (Å²) < 4.78 is 5.49.